The zero-order valence-electron chi connectivity index (χ0n) is 14.4. The van der Waals surface area contributed by atoms with E-state index in [0.717, 1.165) is 17.2 Å². The molecule has 1 atom stereocenters. The molecule has 0 aliphatic rings. The molecule has 4 nitrogen and oxygen atoms in total. The third-order valence-electron chi connectivity index (χ3n) is 3.78. The molecule has 3 aromatic rings. The number of thiophene rings is 1. The van der Waals surface area contributed by atoms with Crippen molar-refractivity contribution in [3.63, 3.8) is 0 Å². The van der Waals surface area contributed by atoms with E-state index in [9.17, 15) is 13.6 Å². The molecule has 142 valence electrons. The van der Waals surface area contributed by atoms with Crippen LogP contribution in [0.4, 0.5) is 14.5 Å². The third-order valence-corrected chi connectivity index (χ3v) is 5.38. The monoisotopic (exact) mass is 409 g/mol. The predicted octanol–water partition coefficient (Wildman–Crippen LogP) is 3.88. The summed E-state index contributed by atoms with van der Waals surface area (Å²) in [5, 5.41) is 4.84. The van der Waals surface area contributed by atoms with E-state index in [2.05, 4.69) is 5.32 Å². The van der Waals surface area contributed by atoms with Gasteiger partial charge in [-0.3, -0.25) is 4.79 Å². The van der Waals surface area contributed by atoms with E-state index >= 15 is 0 Å². The van der Waals surface area contributed by atoms with Gasteiger partial charge in [0.15, 0.2) is 12.3 Å². The van der Waals surface area contributed by atoms with Gasteiger partial charge in [-0.05, 0) is 47.8 Å². The third kappa shape index (κ3) is 6.50. The fraction of sp³-hybridized carbons (Fsp3) is 0.211. The highest BCUT2D eigenvalue weighted by molar-refractivity contribution is 7.99. The number of benzene rings is 1. The van der Waals surface area contributed by atoms with Gasteiger partial charge in [0.25, 0.3) is 11.7 Å². The molecule has 0 bridgehead atoms. The molecule has 2 N–H and O–H groups in total. The summed E-state index contributed by atoms with van der Waals surface area (Å²) in [4.78, 5) is 15.2. The van der Waals surface area contributed by atoms with Crippen LogP contribution < -0.4 is 10.2 Å². The van der Waals surface area contributed by atoms with Crippen molar-refractivity contribution < 1.29 is 22.9 Å². The lowest BCUT2D eigenvalue weighted by Gasteiger charge is -2.17. The minimum Gasteiger partial charge on any atom is -0.463 e. The SMILES string of the molecule is O=C(C[NH+](Cc1ccco1)Cc1cccs1)Nc1ccc(SC(F)F)cc1. The summed E-state index contributed by atoms with van der Waals surface area (Å²) in [7, 11) is 0. The van der Waals surface area contributed by atoms with Crippen molar-refractivity contribution >= 4 is 34.7 Å². The number of furan rings is 1. The van der Waals surface area contributed by atoms with Crippen LogP contribution in [0.15, 0.2) is 69.5 Å². The van der Waals surface area contributed by atoms with Gasteiger partial charge in [-0.1, -0.05) is 17.8 Å². The number of hydrogen-bond donors (Lipinski definition) is 2. The van der Waals surface area contributed by atoms with Crippen molar-refractivity contribution in [1.82, 2.24) is 0 Å². The van der Waals surface area contributed by atoms with Crippen molar-refractivity contribution in [3.05, 3.63) is 70.8 Å². The number of halogens is 2. The second-order valence-electron chi connectivity index (χ2n) is 5.89. The van der Waals surface area contributed by atoms with Gasteiger partial charge in [0, 0.05) is 10.6 Å². The molecule has 1 aromatic carbocycles. The highest BCUT2D eigenvalue weighted by atomic mass is 32.2. The summed E-state index contributed by atoms with van der Waals surface area (Å²) in [5.74, 6) is -1.77. The standard InChI is InChI=1S/C19H18F2N2O2S2/c20-19(21)27-16-7-5-14(6-8-16)22-18(24)13-23(11-15-3-1-9-25-15)12-17-4-2-10-26-17/h1-10,19H,11-13H2,(H,22,24)/p+1. The van der Waals surface area contributed by atoms with E-state index in [0.29, 0.717) is 28.9 Å². The van der Waals surface area contributed by atoms with Gasteiger partial charge in [-0.15, -0.1) is 11.3 Å². The molecule has 0 saturated carbocycles. The molecule has 8 heteroatoms. The number of carbonyl (C=O) groups is 1. The summed E-state index contributed by atoms with van der Waals surface area (Å²) >= 11 is 2.14. The maximum atomic E-state index is 12.5. The Morgan fingerprint density at radius 3 is 2.59 bits per heavy atom. The number of hydrogen-bond acceptors (Lipinski definition) is 4. The fourth-order valence-electron chi connectivity index (χ4n) is 2.66. The van der Waals surface area contributed by atoms with Crippen LogP contribution in [0.3, 0.4) is 0 Å². The maximum absolute atomic E-state index is 12.5. The van der Waals surface area contributed by atoms with Crippen molar-refractivity contribution in [2.24, 2.45) is 0 Å². The van der Waals surface area contributed by atoms with Gasteiger partial charge in [0.05, 0.1) is 11.1 Å². The molecule has 3 rings (SSSR count). The first kappa shape index (κ1) is 19.6. The zero-order valence-corrected chi connectivity index (χ0v) is 16.0. The second-order valence-corrected chi connectivity index (χ2v) is 7.99. The van der Waals surface area contributed by atoms with Crippen LogP contribution in [0.1, 0.15) is 10.6 Å². The molecule has 2 heterocycles. The highest BCUT2D eigenvalue weighted by Crippen LogP contribution is 2.26. The summed E-state index contributed by atoms with van der Waals surface area (Å²) in [6, 6.07) is 14.2. The Bertz CT molecular complexity index is 786. The smallest absolute Gasteiger partial charge is 0.288 e. The first-order valence-electron chi connectivity index (χ1n) is 8.31. The summed E-state index contributed by atoms with van der Waals surface area (Å²) in [6.45, 7) is 1.59. The summed E-state index contributed by atoms with van der Waals surface area (Å²) in [6.07, 6.45) is 1.62. The normalized spacial score (nSPS) is 12.3. The molecule has 1 unspecified atom stereocenters. The number of anilines is 1. The van der Waals surface area contributed by atoms with Gasteiger partial charge < -0.3 is 14.6 Å². The van der Waals surface area contributed by atoms with E-state index < -0.39 is 5.76 Å². The molecule has 0 radical (unpaired) electrons. The Hall–Kier alpha value is -2.16. The van der Waals surface area contributed by atoms with Crippen LogP contribution >= 0.6 is 23.1 Å². The van der Waals surface area contributed by atoms with Crippen LogP contribution in [0, 0.1) is 0 Å². The van der Waals surface area contributed by atoms with Crippen LogP contribution in [-0.2, 0) is 17.9 Å². The van der Waals surface area contributed by atoms with Crippen molar-refractivity contribution in [2.75, 3.05) is 11.9 Å². The highest BCUT2D eigenvalue weighted by Gasteiger charge is 2.18. The molecule has 0 saturated heterocycles. The Balaban J connectivity index is 1.59. The molecule has 0 aliphatic heterocycles. The van der Waals surface area contributed by atoms with E-state index in [-0.39, 0.29) is 12.5 Å². The van der Waals surface area contributed by atoms with Crippen LogP contribution in [0.5, 0.6) is 0 Å². The average molecular weight is 410 g/mol. The van der Waals surface area contributed by atoms with Crippen LogP contribution in [0.25, 0.3) is 0 Å². The lowest BCUT2D eigenvalue weighted by atomic mass is 10.3. The van der Waals surface area contributed by atoms with E-state index in [1.165, 1.54) is 4.88 Å². The number of quaternary nitrogens is 1. The number of carbonyl (C=O) groups excluding carboxylic acids is 1. The minimum atomic E-state index is -2.46. The molecule has 27 heavy (non-hydrogen) atoms. The Labute approximate surface area is 164 Å². The van der Waals surface area contributed by atoms with Crippen molar-refractivity contribution in [1.29, 1.82) is 0 Å². The van der Waals surface area contributed by atoms with E-state index in [1.807, 2.05) is 29.6 Å². The Morgan fingerprint density at radius 1 is 1.15 bits per heavy atom. The quantitative estimate of drug-likeness (QED) is 0.528. The van der Waals surface area contributed by atoms with Gasteiger partial charge in [0.2, 0.25) is 0 Å². The molecule has 0 aliphatic carbocycles. The van der Waals surface area contributed by atoms with Gasteiger partial charge in [-0.2, -0.15) is 8.78 Å². The minimum absolute atomic E-state index is 0.137. The molecule has 1 amide bonds. The molecule has 0 spiro atoms. The molecule has 2 aromatic heterocycles. The predicted molar refractivity (Wildman–Crippen MR) is 103 cm³/mol. The lowest BCUT2D eigenvalue weighted by molar-refractivity contribution is -0.920. The second kappa shape index (κ2) is 9.68. The largest absolute Gasteiger partial charge is 0.463 e. The van der Waals surface area contributed by atoms with E-state index in [4.69, 9.17) is 4.42 Å². The van der Waals surface area contributed by atoms with Gasteiger partial charge in [-0.25, -0.2) is 0 Å². The average Bonchev–Trinajstić information content (AvgIpc) is 3.30. The first-order valence-corrected chi connectivity index (χ1v) is 10.1. The number of rotatable bonds is 9. The summed E-state index contributed by atoms with van der Waals surface area (Å²) < 4.78 is 30.2. The molecule has 0 fully saturated rings. The maximum Gasteiger partial charge on any atom is 0.288 e. The topological polar surface area (TPSA) is 46.7 Å². The van der Waals surface area contributed by atoms with Gasteiger partial charge >= 0.3 is 0 Å². The number of alkyl halides is 2. The Kier molecular flexibility index (Phi) is 7.03. The molecular weight excluding hydrogens is 390 g/mol. The van der Waals surface area contributed by atoms with Crippen LogP contribution in [0.2, 0.25) is 0 Å². The zero-order chi connectivity index (χ0) is 19.1. The van der Waals surface area contributed by atoms with Crippen LogP contribution in [-0.4, -0.2) is 18.2 Å². The first-order chi connectivity index (χ1) is 13.1. The number of thioether (sulfide) groups is 1. The van der Waals surface area contributed by atoms with E-state index in [1.54, 1.807) is 41.9 Å². The molecular formula is C19H19F2N2O2S2+. The van der Waals surface area contributed by atoms with Gasteiger partial charge in [0.1, 0.15) is 13.1 Å². The van der Waals surface area contributed by atoms with Crippen molar-refractivity contribution in [2.45, 2.75) is 23.7 Å². The summed E-state index contributed by atoms with van der Waals surface area (Å²) in [5.41, 5.74) is 0.590. The number of amides is 1. The van der Waals surface area contributed by atoms with Crippen molar-refractivity contribution in [3.8, 4) is 0 Å². The Morgan fingerprint density at radius 2 is 1.96 bits per heavy atom. The lowest BCUT2D eigenvalue weighted by Crippen LogP contribution is -3.10. The number of nitrogens with one attached hydrogen (secondary N) is 2. The fourth-order valence-corrected chi connectivity index (χ4v) is 3.93.